The van der Waals surface area contributed by atoms with Gasteiger partial charge in [0.1, 0.15) is 10.5 Å². The van der Waals surface area contributed by atoms with Gasteiger partial charge in [-0.2, -0.15) is 5.10 Å². The summed E-state index contributed by atoms with van der Waals surface area (Å²) >= 11 is 3.22. The molecule has 0 aliphatic carbocycles. The molecule has 1 fully saturated rings. The molecule has 1 aliphatic heterocycles. The third-order valence-corrected chi connectivity index (χ3v) is 6.84. The predicted octanol–water partition coefficient (Wildman–Crippen LogP) is 4.33. The molecule has 0 bridgehead atoms. The smallest absolute Gasteiger partial charge is 0.155 e. The largest absolute Gasteiger partial charge is 0.317 e. The first kappa shape index (κ1) is 17.8. The number of nitrogens with one attached hydrogen (secondary N) is 1. The van der Waals surface area contributed by atoms with E-state index in [0.29, 0.717) is 11.4 Å². The summed E-state index contributed by atoms with van der Waals surface area (Å²) in [5, 5.41) is 10.3. The van der Waals surface area contributed by atoms with Gasteiger partial charge in [-0.3, -0.25) is 4.68 Å². The average Bonchev–Trinajstić information content (AvgIpc) is 3.27. The maximum atomic E-state index is 14.3. The fraction of sp³-hybridized carbons (Fsp3) is 0.353. The molecule has 0 saturated carbocycles. The Balaban J connectivity index is 0.00000168. The molecule has 1 N–H and O–H groups in total. The molecule has 0 radical (unpaired) electrons. The first-order valence-corrected chi connectivity index (χ1v) is 9.92. The molecule has 136 valence electrons. The summed E-state index contributed by atoms with van der Waals surface area (Å²) in [4.78, 5) is 11.4. The van der Waals surface area contributed by atoms with Gasteiger partial charge in [-0.15, -0.1) is 12.4 Å². The molecule has 0 amide bonds. The fourth-order valence-electron chi connectivity index (χ4n) is 3.36. The summed E-state index contributed by atoms with van der Waals surface area (Å²) in [6, 6.07) is 3.47. The molecule has 0 spiro atoms. The lowest BCUT2D eigenvalue weighted by molar-refractivity contribution is 0.459. The van der Waals surface area contributed by atoms with E-state index in [1.165, 1.54) is 22.4 Å². The number of fused-ring (bicyclic) bond motifs is 2. The maximum Gasteiger partial charge on any atom is 0.155 e. The summed E-state index contributed by atoms with van der Waals surface area (Å²) in [7, 11) is 1.80. The first-order chi connectivity index (χ1) is 12.2. The Morgan fingerprint density at radius 1 is 1.15 bits per heavy atom. The highest BCUT2D eigenvalue weighted by atomic mass is 35.5. The molecular formula is C17H17ClFN5S2. The molecule has 5 nitrogen and oxygen atoms in total. The number of nitrogens with zero attached hydrogens (tertiary/aromatic N) is 4. The van der Waals surface area contributed by atoms with Gasteiger partial charge in [-0.1, -0.05) is 22.7 Å². The molecule has 0 unspecified atom stereocenters. The molecule has 26 heavy (non-hydrogen) atoms. The maximum absolute atomic E-state index is 14.3. The second kappa shape index (κ2) is 6.84. The van der Waals surface area contributed by atoms with Crippen LogP contribution in [0.25, 0.3) is 31.1 Å². The van der Waals surface area contributed by atoms with Gasteiger partial charge in [-0.05, 0) is 38.1 Å². The van der Waals surface area contributed by atoms with E-state index in [0.717, 1.165) is 51.5 Å². The number of thiazole rings is 2. The van der Waals surface area contributed by atoms with Gasteiger partial charge in [0.2, 0.25) is 0 Å². The Morgan fingerprint density at radius 3 is 2.69 bits per heavy atom. The summed E-state index contributed by atoms with van der Waals surface area (Å²) in [6.45, 7) is 2.11. The Bertz CT molecular complexity index is 1050. The molecule has 3 aromatic heterocycles. The van der Waals surface area contributed by atoms with Gasteiger partial charge in [0.15, 0.2) is 15.5 Å². The Morgan fingerprint density at radius 2 is 1.92 bits per heavy atom. The van der Waals surface area contributed by atoms with E-state index < -0.39 is 0 Å². The van der Waals surface area contributed by atoms with Crippen molar-refractivity contribution in [2.45, 2.75) is 18.8 Å². The van der Waals surface area contributed by atoms with Crippen molar-refractivity contribution < 1.29 is 4.39 Å². The van der Waals surface area contributed by atoms with E-state index in [2.05, 4.69) is 10.4 Å². The SMILES string of the molecule is Cl.Cn1cc2cc(-c3nc4sc(C5CCNCC5)nc4s3)cc(F)c2n1. The highest BCUT2D eigenvalue weighted by Crippen LogP contribution is 2.38. The number of hydrogen-bond donors (Lipinski definition) is 1. The van der Waals surface area contributed by atoms with Crippen molar-refractivity contribution in [2.75, 3.05) is 13.1 Å². The summed E-state index contributed by atoms with van der Waals surface area (Å²) in [6.07, 6.45) is 4.10. The van der Waals surface area contributed by atoms with E-state index in [4.69, 9.17) is 9.97 Å². The minimum Gasteiger partial charge on any atom is -0.317 e. The van der Waals surface area contributed by atoms with Crippen molar-refractivity contribution >= 4 is 55.6 Å². The van der Waals surface area contributed by atoms with Crippen LogP contribution in [0.2, 0.25) is 0 Å². The number of halogens is 2. The van der Waals surface area contributed by atoms with Crippen LogP contribution in [0.1, 0.15) is 23.8 Å². The van der Waals surface area contributed by atoms with Gasteiger partial charge >= 0.3 is 0 Å². The monoisotopic (exact) mass is 409 g/mol. The second-order valence-electron chi connectivity index (χ2n) is 6.40. The van der Waals surface area contributed by atoms with Crippen LogP contribution in [0.3, 0.4) is 0 Å². The van der Waals surface area contributed by atoms with Crippen LogP contribution in [0.5, 0.6) is 0 Å². The van der Waals surface area contributed by atoms with Crippen LogP contribution >= 0.6 is 35.1 Å². The molecule has 1 saturated heterocycles. The third kappa shape index (κ3) is 3.00. The van der Waals surface area contributed by atoms with E-state index >= 15 is 0 Å². The van der Waals surface area contributed by atoms with Crippen molar-refractivity contribution in [1.82, 2.24) is 25.1 Å². The van der Waals surface area contributed by atoms with Gasteiger partial charge in [0.25, 0.3) is 0 Å². The molecule has 4 aromatic rings. The first-order valence-electron chi connectivity index (χ1n) is 8.28. The van der Waals surface area contributed by atoms with Gasteiger partial charge < -0.3 is 5.32 Å². The molecular weight excluding hydrogens is 393 g/mol. The van der Waals surface area contributed by atoms with Crippen LogP contribution in [-0.4, -0.2) is 32.8 Å². The Hall–Kier alpha value is -1.61. The normalized spacial score (nSPS) is 15.6. The second-order valence-corrected chi connectivity index (χ2v) is 8.39. The topological polar surface area (TPSA) is 55.6 Å². The minimum atomic E-state index is -0.310. The third-order valence-electron chi connectivity index (χ3n) is 4.60. The molecule has 1 aliphatic rings. The fourth-order valence-corrected chi connectivity index (χ4v) is 5.57. The van der Waals surface area contributed by atoms with Gasteiger partial charge in [-0.25, -0.2) is 14.4 Å². The van der Waals surface area contributed by atoms with Crippen LogP contribution in [0.4, 0.5) is 4.39 Å². The van der Waals surface area contributed by atoms with E-state index in [-0.39, 0.29) is 18.2 Å². The van der Waals surface area contributed by atoms with Crippen molar-refractivity contribution in [1.29, 1.82) is 0 Å². The van der Waals surface area contributed by atoms with E-state index in [1.807, 2.05) is 12.3 Å². The standard InChI is InChI=1S/C17H16FN5S2.ClH/c1-23-8-11-6-10(7-12(18)13(11)22-23)15-21-17-16(25-15)20-14(24-17)9-2-4-19-5-3-9;/h6-9,19H,2-5H2,1H3;1H. The lowest BCUT2D eigenvalue weighted by Crippen LogP contribution is -2.26. The van der Waals surface area contributed by atoms with Crippen LogP contribution in [-0.2, 0) is 7.05 Å². The molecule has 1 aromatic carbocycles. The Kier molecular flexibility index (Phi) is 4.68. The lowest BCUT2D eigenvalue weighted by atomic mass is 9.99. The quantitative estimate of drug-likeness (QED) is 0.535. The van der Waals surface area contributed by atoms with Crippen LogP contribution in [0.15, 0.2) is 18.3 Å². The highest BCUT2D eigenvalue weighted by Gasteiger charge is 2.21. The average molecular weight is 410 g/mol. The van der Waals surface area contributed by atoms with E-state index in [9.17, 15) is 4.39 Å². The zero-order chi connectivity index (χ0) is 17.0. The van der Waals surface area contributed by atoms with E-state index in [1.54, 1.807) is 23.1 Å². The molecule has 9 heteroatoms. The van der Waals surface area contributed by atoms with Crippen LogP contribution in [0, 0.1) is 5.82 Å². The zero-order valence-corrected chi connectivity index (χ0v) is 16.5. The van der Waals surface area contributed by atoms with Crippen molar-refractivity contribution in [3.05, 3.63) is 29.2 Å². The lowest BCUT2D eigenvalue weighted by Gasteiger charge is -2.20. The van der Waals surface area contributed by atoms with Crippen molar-refractivity contribution in [3.63, 3.8) is 0 Å². The predicted molar refractivity (Wildman–Crippen MR) is 107 cm³/mol. The van der Waals surface area contributed by atoms with Crippen molar-refractivity contribution in [3.8, 4) is 10.6 Å². The summed E-state index contributed by atoms with van der Waals surface area (Å²) in [5.74, 6) is 0.232. The zero-order valence-electron chi connectivity index (χ0n) is 14.0. The number of piperidine rings is 1. The summed E-state index contributed by atoms with van der Waals surface area (Å²) in [5.41, 5.74) is 1.19. The number of hydrogen-bond acceptors (Lipinski definition) is 6. The minimum absolute atomic E-state index is 0. The van der Waals surface area contributed by atoms with Gasteiger partial charge in [0, 0.05) is 30.1 Å². The number of aromatic nitrogens is 4. The van der Waals surface area contributed by atoms with Crippen LogP contribution < -0.4 is 5.32 Å². The summed E-state index contributed by atoms with van der Waals surface area (Å²) < 4.78 is 15.9. The highest BCUT2D eigenvalue weighted by molar-refractivity contribution is 7.28. The molecule has 0 atom stereocenters. The number of aryl methyl sites for hydroxylation is 1. The number of benzene rings is 1. The van der Waals surface area contributed by atoms with Gasteiger partial charge in [0.05, 0.1) is 5.01 Å². The van der Waals surface area contributed by atoms with Crippen molar-refractivity contribution in [2.24, 2.45) is 7.05 Å². The Labute approximate surface area is 163 Å². The molecule has 4 heterocycles. The number of rotatable bonds is 2. The molecule has 5 rings (SSSR count).